The summed E-state index contributed by atoms with van der Waals surface area (Å²) < 4.78 is 31.1. The maximum absolute atomic E-state index is 12.2. The summed E-state index contributed by atoms with van der Waals surface area (Å²) in [6, 6.07) is 5.00. The van der Waals surface area contributed by atoms with Gasteiger partial charge < -0.3 is 9.62 Å². The lowest BCUT2D eigenvalue weighted by Crippen LogP contribution is -2.15. The molecule has 0 radical (unpaired) electrons. The molecule has 0 fully saturated rings. The average Bonchev–Trinajstić information content (AvgIpc) is 3.08. The molecule has 2 heterocycles. The molecule has 0 spiro atoms. The molecule has 1 N–H and O–H groups in total. The van der Waals surface area contributed by atoms with Crippen molar-refractivity contribution in [1.82, 2.24) is 14.9 Å². The van der Waals surface area contributed by atoms with E-state index in [9.17, 15) is 13.2 Å². The van der Waals surface area contributed by atoms with Gasteiger partial charge in [-0.05, 0) is 31.0 Å². The first-order chi connectivity index (χ1) is 11.7. The van der Waals surface area contributed by atoms with Crippen LogP contribution in [0.5, 0.6) is 0 Å². The third-order valence-corrected chi connectivity index (χ3v) is 5.34. The van der Waals surface area contributed by atoms with Crippen LogP contribution < -0.4 is 5.56 Å². The van der Waals surface area contributed by atoms with Crippen LogP contribution in [0.4, 0.5) is 0 Å². The number of nitrogens with zero attached hydrogens (tertiary/aromatic N) is 2. The highest BCUT2D eigenvalue weighted by Gasteiger charge is 2.22. The van der Waals surface area contributed by atoms with Gasteiger partial charge >= 0.3 is 0 Å². The van der Waals surface area contributed by atoms with Gasteiger partial charge in [-0.25, -0.2) is 8.42 Å². The smallest absolute Gasteiger partial charge is 0.269 e. The van der Waals surface area contributed by atoms with E-state index in [4.69, 9.17) is 4.52 Å². The molecule has 3 aromatic rings. The van der Waals surface area contributed by atoms with E-state index in [1.54, 1.807) is 38.4 Å². The number of aryl methyl sites for hydroxylation is 2. The second-order valence-electron chi connectivity index (χ2n) is 6.17. The second kappa shape index (κ2) is 6.03. The molecule has 0 bridgehead atoms. The molecule has 0 amide bonds. The standard InChI is InChI=1S/C17H19N3O4S/c1-10-7-14(24-19-10)16-11(2)12(5-6-15(16)25(4,22)23)8-13-9-18-20(3)17(13)21/h5-7,9,18H,8H2,1-4H3. The third kappa shape index (κ3) is 3.17. The highest BCUT2D eigenvalue weighted by Crippen LogP contribution is 2.33. The Morgan fingerprint density at radius 1 is 1.24 bits per heavy atom. The Morgan fingerprint density at radius 2 is 1.96 bits per heavy atom. The summed E-state index contributed by atoms with van der Waals surface area (Å²) in [6.07, 6.45) is 3.22. The largest absolute Gasteiger partial charge is 0.356 e. The van der Waals surface area contributed by atoms with E-state index in [-0.39, 0.29) is 10.5 Å². The van der Waals surface area contributed by atoms with Gasteiger partial charge in [0.25, 0.3) is 5.56 Å². The number of hydrogen-bond donors (Lipinski definition) is 1. The minimum Gasteiger partial charge on any atom is -0.356 e. The summed E-state index contributed by atoms with van der Waals surface area (Å²) in [5.41, 5.74) is 3.27. The zero-order valence-electron chi connectivity index (χ0n) is 14.5. The lowest BCUT2D eigenvalue weighted by atomic mass is 9.96. The average molecular weight is 361 g/mol. The van der Waals surface area contributed by atoms with Gasteiger partial charge in [-0.1, -0.05) is 11.2 Å². The van der Waals surface area contributed by atoms with Gasteiger partial charge in [0.1, 0.15) is 0 Å². The van der Waals surface area contributed by atoms with Crippen molar-refractivity contribution in [2.24, 2.45) is 7.05 Å². The van der Waals surface area contributed by atoms with Crippen LogP contribution in [-0.2, 0) is 23.3 Å². The van der Waals surface area contributed by atoms with E-state index in [1.807, 2.05) is 6.92 Å². The Morgan fingerprint density at radius 3 is 2.48 bits per heavy atom. The minimum absolute atomic E-state index is 0.108. The van der Waals surface area contributed by atoms with Crippen molar-refractivity contribution in [1.29, 1.82) is 0 Å². The fourth-order valence-electron chi connectivity index (χ4n) is 2.86. The summed E-state index contributed by atoms with van der Waals surface area (Å²) in [5, 5.41) is 6.70. The fourth-order valence-corrected chi connectivity index (χ4v) is 3.80. The first-order valence-corrected chi connectivity index (χ1v) is 9.57. The Balaban J connectivity index is 2.20. The molecule has 132 valence electrons. The first-order valence-electron chi connectivity index (χ1n) is 7.68. The number of sulfone groups is 1. The van der Waals surface area contributed by atoms with Crippen molar-refractivity contribution in [3.05, 3.63) is 57.1 Å². The van der Waals surface area contributed by atoms with Crippen molar-refractivity contribution in [3.8, 4) is 11.3 Å². The van der Waals surface area contributed by atoms with Gasteiger partial charge in [0.2, 0.25) is 0 Å². The van der Waals surface area contributed by atoms with Gasteiger partial charge in [0.15, 0.2) is 15.6 Å². The van der Waals surface area contributed by atoms with E-state index >= 15 is 0 Å². The van der Waals surface area contributed by atoms with E-state index in [0.29, 0.717) is 29.0 Å². The Labute approximate surface area is 145 Å². The molecular weight excluding hydrogens is 342 g/mol. The maximum Gasteiger partial charge on any atom is 0.269 e. The molecule has 0 aliphatic heterocycles. The number of benzene rings is 1. The molecule has 3 rings (SSSR count). The maximum atomic E-state index is 12.2. The van der Waals surface area contributed by atoms with Gasteiger partial charge in [-0.3, -0.25) is 9.48 Å². The summed E-state index contributed by atoms with van der Waals surface area (Å²) in [5.74, 6) is 0.402. The highest BCUT2D eigenvalue weighted by atomic mass is 32.2. The Kier molecular flexibility index (Phi) is 4.16. The summed E-state index contributed by atoms with van der Waals surface area (Å²) in [4.78, 5) is 12.3. The van der Waals surface area contributed by atoms with Crippen LogP contribution in [0.3, 0.4) is 0 Å². The van der Waals surface area contributed by atoms with Crippen LogP contribution in [0.1, 0.15) is 22.4 Å². The van der Waals surface area contributed by atoms with Crippen LogP contribution in [0.25, 0.3) is 11.3 Å². The van der Waals surface area contributed by atoms with Gasteiger partial charge in [0.05, 0.1) is 10.6 Å². The first kappa shape index (κ1) is 17.2. The monoisotopic (exact) mass is 361 g/mol. The van der Waals surface area contributed by atoms with Crippen molar-refractivity contribution in [2.75, 3.05) is 6.26 Å². The Hall–Kier alpha value is -2.61. The van der Waals surface area contributed by atoms with Crippen LogP contribution in [0, 0.1) is 13.8 Å². The van der Waals surface area contributed by atoms with Crippen molar-refractivity contribution in [2.45, 2.75) is 25.2 Å². The van der Waals surface area contributed by atoms with Crippen LogP contribution in [-0.4, -0.2) is 29.6 Å². The predicted octanol–water partition coefficient (Wildman–Crippen LogP) is 1.98. The zero-order valence-corrected chi connectivity index (χ0v) is 15.3. The molecule has 8 heteroatoms. The van der Waals surface area contributed by atoms with E-state index in [1.165, 1.54) is 4.68 Å². The summed E-state index contributed by atoms with van der Waals surface area (Å²) >= 11 is 0. The van der Waals surface area contributed by atoms with Gasteiger partial charge in [-0.2, -0.15) is 0 Å². The van der Waals surface area contributed by atoms with E-state index in [2.05, 4.69) is 10.3 Å². The quantitative estimate of drug-likeness (QED) is 0.766. The van der Waals surface area contributed by atoms with Crippen LogP contribution in [0.2, 0.25) is 0 Å². The van der Waals surface area contributed by atoms with Gasteiger partial charge in [-0.15, -0.1) is 0 Å². The fraction of sp³-hybridized carbons (Fsp3) is 0.294. The Bertz CT molecular complexity index is 1100. The lowest BCUT2D eigenvalue weighted by molar-refractivity contribution is 0.426. The van der Waals surface area contributed by atoms with Crippen molar-refractivity contribution < 1.29 is 12.9 Å². The predicted molar refractivity (Wildman–Crippen MR) is 93.4 cm³/mol. The number of nitrogens with one attached hydrogen (secondary N) is 1. The molecule has 0 aliphatic carbocycles. The number of hydrogen-bond acceptors (Lipinski definition) is 5. The number of aromatic amines is 1. The molecule has 1 aromatic carbocycles. The third-order valence-electron chi connectivity index (χ3n) is 4.21. The second-order valence-corrected chi connectivity index (χ2v) is 8.15. The molecule has 0 saturated heterocycles. The molecule has 7 nitrogen and oxygen atoms in total. The molecule has 0 unspecified atom stereocenters. The van der Waals surface area contributed by atoms with Gasteiger partial charge in [0, 0.05) is 43.1 Å². The SMILES string of the molecule is Cc1cc(-c2c(S(C)(=O)=O)ccc(Cc3c[nH]n(C)c3=O)c2C)on1. The topological polar surface area (TPSA) is 98.0 Å². The number of H-pyrrole nitrogens is 1. The van der Waals surface area contributed by atoms with Crippen molar-refractivity contribution in [3.63, 3.8) is 0 Å². The molecular formula is C17H19N3O4S. The molecule has 0 saturated carbocycles. The lowest BCUT2D eigenvalue weighted by Gasteiger charge is -2.13. The van der Waals surface area contributed by atoms with Crippen molar-refractivity contribution >= 4 is 9.84 Å². The molecule has 2 aromatic heterocycles. The minimum atomic E-state index is -3.45. The number of aromatic nitrogens is 3. The van der Waals surface area contributed by atoms with Crippen LogP contribution in [0.15, 0.2) is 38.6 Å². The summed E-state index contributed by atoms with van der Waals surface area (Å²) in [7, 11) is -1.80. The summed E-state index contributed by atoms with van der Waals surface area (Å²) in [6.45, 7) is 3.60. The van der Waals surface area contributed by atoms with Crippen LogP contribution >= 0.6 is 0 Å². The molecule has 0 aliphatic rings. The number of rotatable bonds is 4. The normalized spacial score (nSPS) is 11.8. The highest BCUT2D eigenvalue weighted by molar-refractivity contribution is 7.90. The molecule has 25 heavy (non-hydrogen) atoms. The zero-order chi connectivity index (χ0) is 18.4. The van der Waals surface area contributed by atoms with E-state index < -0.39 is 9.84 Å². The van der Waals surface area contributed by atoms with E-state index in [0.717, 1.165) is 17.4 Å². The molecule has 0 atom stereocenters.